The lowest BCUT2D eigenvalue weighted by Crippen LogP contribution is -2.56. The minimum Gasteiger partial charge on any atom is -0.491 e. The van der Waals surface area contributed by atoms with Crippen molar-refractivity contribution in [2.45, 2.75) is 17.4 Å². The van der Waals surface area contributed by atoms with E-state index in [1.165, 1.54) is 26.2 Å². The predicted molar refractivity (Wildman–Crippen MR) is 89.1 cm³/mol. The average molecular weight is 349 g/mol. The van der Waals surface area contributed by atoms with Crippen LogP contribution in [-0.2, 0) is 19.6 Å². The van der Waals surface area contributed by atoms with Crippen molar-refractivity contribution in [3.05, 3.63) is 60.7 Å². The summed E-state index contributed by atoms with van der Waals surface area (Å²) in [5.41, 5.74) is -1.57. The summed E-state index contributed by atoms with van der Waals surface area (Å²) in [6.07, 6.45) is 0. The Bertz CT molecular complexity index is 777. The standard InChI is InChI=1S/C17H19NO5S/c1-17(16(19)22-2,13-23-14-9-5-3-6-10-14)18-24(20,21)15-11-7-4-8-12-15/h3-12,18H,13H2,1-2H3. The number of esters is 1. The second-order valence-electron chi connectivity index (χ2n) is 5.34. The van der Waals surface area contributed by atoms with Crippen molar-refractivity contribution in [2.75, 3.05) is 13.7 Å². The maximum absolute atomic E-state index is 12.5. The molecule has 0 aliphatic carbocycles. The van der Waals surface area contributed by atoms with Crippen LogP contribution in [0.25, 0.3) is 0 Å². The van der Waals surface area contributed by atoms with Crippen molar-refractivity contribution >= 4 is 16.0 Å². The third-order valence-electron chi connectivity index (χ3n) is 3.32. The van der Waals surface area contributed by atoms with E-state index in [4.69, 9.17) is 9.47 Å². The number of methoxy groups -OCH3 is 1. The topological polar surface area (TPSA) is 81.7 Å². The van der Waals surface area contributed by atoms with Crippen LogP contribution in [0.1, 0.15) is 6.92 Å². The lowest BCUT2D eigenvalue weighted by molar-refractivity contribution is -0.148. The number of sulfonamides is 1. The van der Waals surface area contributed by atoms with Gasteiger partial charge in [-0.15, -0.1) is 0 Å². The van der Waals surface area contributed by atoms with E-state index in [1.807, 2.05) is 6.07 Å². The molecule has 0 fully saturated rings. The van der Waals surface area contributed by atoms with Gasteiger partial charge in [0.05, 0.1) is 12.0 Å². The van der Waals surface area contributed by atoms with E-state index < -0.39 is 21.5 Å². The first-order valence-electron chi connectivity index (χ1n) is 7.23. The van der Waals surface area contributed by atoms with Crippen LogP contribution >= 0.6 is 0 Å². The number of hydrogen-bond donors (Lipinski definition) is 1. The van der Waals surface area contributed by atoms with Gasteiger partial charge in [0, 0.05) is 0 Å². The van der Waals surface area contributed by atoms with Crippen LogP contribution in [-0.4, -0.2) is 33.6 Å². The molecule has 0 saturated heterocycles. The molecule has 1 unspecified atom stereocenters. The first-order valence-corrected chi connectivity index (χ1v) is 8.71. The molecule has 0 aliphatic rings. The van der Waals surface area contributed by atoms with Crippen LogP contribution < -0.4 is 9.46 Å². The highest BCUT2D eigenvalue weighted by Gasteiger charge is 2.40. The molecule has 0 amide bonds. The van der Waals surface area contributed by atoms with Gasteiger partial charge in [0.1, 0.15) is 12.4 Å². The molecule has 7 heteroatoms. The lowest BCUT2D eigenvalue weighted by Gasteiger charge is -2.27. The monoisotopic (exact) mass is 349 g/mol. The zero-order valence-electron chi connectivity index (χ0n) is 13.4. The molecule has 0 radical (unpaired) electrons. The van der Waals surface area contributed by atoms with Gasteiger partial charge >= 0.3 is 5.97 Å². The van der Waals surface area contributed by atoms with Crippen molar-refractivity contribution in [1.29, 1.82) is 0 Å². The second kappa shape index (κ2) is 7.46. The fourth-order valence-corrected chi connectivity index (χ4v) is 3.42. The van der Waals surface area contributed by atoms with E-state index in [-0.39, 0.29) is 11.5 Å². The maximum atomic E-state index is 12.5. The van der Waals surface area contributed by atoms with Gasteiger partial charge in [0.25, 0.3) is 0 Å². The third-order valence-corrected chi connectivity index (χ3v) is 4.93. The quantitative estimate of drug-likeness (QED) is 0.773. The largest absolute Gasteiger partial charge is 0.491 e. The molecule has 0 saturated carbocycles. The molecule has 0 spiro atoms. The third kappa shape index (κ3) is 4.33. The van der Waals surface area contributed by atoms with Gasteiger partial charge < -0.3 is 9.47 Å². The molecular weight excluding hydrogens is 330 g/mol. The van der Waals surface area contributed by atoms with Crippen molar-refractivity contribution in [3.63, 3.8) is 0 Å². The fraction of sp³-hybridized carbons (Fsp3) is 0.235. The van der Waals surface area contributed by atoms with Crippen molar-refractivity contribution < 1.29 is 22.7 Å². The van der Waals surface area contributed by atoms with Crippen LogP contribution in [0.2, 0.25) is 0 Å². The summed E-state index contributed by atoms with van der Waals surface area (Å²) in [4.78, 5) is 12.2. The van der Waals surface area contributed by atoms with Gasteiger partial charge in [0.15, 0.2) is 5.54 Å². The first-order chi connectivity index (χ1) is 11.4. The van der Waals surface area contributed by atoms with Gasteiger partial charge in [-0.3, -0.25) is 0 Å². The van der Waals surface area contributed by atoms with Crippen molar-refractivity contribution in [3.8, 4) is 5.75 Å². The second-order valence-corrected chi connectivity index (χ2v) is 7.03. The first kappa shape index (κ1) is 18.0. The predicted octanol–water partition coefficient (Wildman–Crippen LogP) is 1.98. The Morgan fingerprint density at radius 1 is 1.04 bits per heavy atom. The summed E-state index contributed by atoms with van der Waals surface area (Å²) in [6.45, 7) is 1.21. The van der Waals surface area contributed by atoms with Gasteiger partial charge in [-0.05, 0) is 31.2 Å². The molecule has 0 heterocycles. The summed E-state index contributed by atoms with van der Waals surface area (Å²) < 4.78 is 37.7. The van der Waals surface area contributed by atoms with Gasteiger partial charge in [-0.1, -0.05) is 36.4 Å². The van der Waals surface area contributed by atoms with E-state index in [1.54, 1.807) is 42.5 Å². The Morgan fingerprint density at radius 2 is 1.58 bits per heavy atom. The highest BCUT2D eigenvalue weighted by Crippen LogP contribution is 2.17. The summed E-state index contributed by atoms with van der Waals surface area (Å²) in [5.74, 6) is -0.218. The molecule has 2 aromatic carbocycles. The summed E-state index contributed by atoms with van der Waals surface area (Å²) in [7, 11) is -2.71. The summed E-state index contributed by atoms with van der Waals surface area (Å²) >= 11 is 0. The van der Waals surface area contributed by atoms with E-state index in [2.05, 4.69) is 4.72 Å². The Morgan fingerprint density at radius 3 is 2.12 bits per heavy atom. The molecule has 1 N–H and O–H groups in total. The highest BCUT2D eigenvalue weighted by atomic mass is 32.2. The summed E-state index contributed by atoms with van der Waals surface area (Å²) in [6, 6.07) is 16.6. The Kier molecular flexibility index (Phi) is 5.58. The number of carbonyl (C=O) groups excluding carboxylic acids is 1. The van der Waals surface area contributed by atoms with Crippen molar-refractivity contribution in [1.82, 2.24) is 4.72 Å². The van der Waals surface area contributed by atoms with E-state index in [0.29, 0.717) is 5.75 Å². The molecule has 128 valence electrons. The molecule has 2 rings (SSSR count). The van der Waals surface area contributed by atoms with Crippen LogP contribution in [0, 0.1) is 0 Å². The zero-order chi connectivity index (χ0) is 17.6. The number of rotatable bonds is 7. The van der Waals surface area contributed by atoms with E-state index in [9.17, 15) is 13.2 Å². The minimum atomic E-state index is -3.91. The van der Waals surface area contributed by atoms with E-state index >= 15 is 0 Å². The zero-order valence-corrected chi connectivity index (χ0v) is 14.2. The maximum Gasteiger partial charge on any atom is 0.330 e. The SMILES string of the molecule is COC(=O)C(C)(COc1ccccc1)NS(=O)(=O)c1ccccc1. The molecule has 6 nitrogen and oxygen atoms in total. The molecule has 0 bridgehead atoms. The Labute approximate surface area is 141 Å². The number of carbonyl (C=O) groups is 1. The number of benzene rings is 2. The highest BCUT2D eigenvalue weighted by molar-refractivity contribution is 7.89. The molecular formula is C17H19NO5S. The van der Waals surface area contributed by atoms with Gasteiger partial charge in [-0.25, -0.2) is 13.2 Å². The lowest BCUT2D eigenvalue weighted by atomic mass is 10.1. The molecule has 1 atom stereocenters. The van der Waals surface area contributed by atoms with Gasteiger partial charge in [0.2, 0.25) is 10.0 Å². The smallest absolute Gasteiger partial charge is 0.330 e. The van der Waals surface area contributed by atoms with Gasteiger partial charge in [-0.2, -0.15) is 4.72 Å². The molecule has 0 aliphatic heterocycles. The molecule has 0 aromatic heterocycles. The van der Waals surface area contributed by atoms with Crippen LogP contribution in [0.15, 0.2) is 65.6 Å². The summed E-state index contributed by atoms with van der Waals surface area (Å²) in [5, 5.41) is 0. The molecule has 24 heavy (non-hydrogen) atoms. The Balaban J connectivity index is 2.23. The fourth-order valence-electron chi connectivity index (χ4n) is 2.05. The van der Waals surface area contributed by atoms with E-state index in [0.717, 1.165) is 0 Å². The Hall–Kier alpha value is -2.38. The average Bonchev–Trinajstić information content (AvgIpc) is 2.60. The van der Waals surface area contributed by atoms with Crippen molar-refractivity contribution in [2.24, 2.45) is 0 Å². The number of hydrogen-bond acceptors (Lipinski definition) is 5. The number of nitrogens with one attached hydrogen (secondary N) is 1. The number of para-hydroxylation sites is 1. The normalized spacial score (nSPS) is 13.8. The number of ether oxygens (including phenoxy) is 2. The minimum absolute atomic E-state index is 0.0554. The van der Waals surface area contributed by atoms with Crippen LogP contribution in [0.3, 0.4) is 0 Å². The molecule has 2 aromatic rings. The van der Waals surface area contributed by atoms with Crippen LogP contribution in [0.5, 0.6) is 5.75 Å². The van der Waals surface area contributed by atoms with Crippen LogP contribution in [0.4, 0.5) is 0 Å².